The molecule has 9 heteroatoms. The van der Waals surface area contributed by atoms with Gasteiger partial charge >= 0.3 is 0 Å². The van der Waals surface area contributed by atoms with Crippen molar-refractivity contribution in [2.24, 2.45) is 0 Å². The number of ether oxygens (including phenoxy) is 2. The van der Waals surface area contributed by atoms with Gasteiger partial charge < -0.3 is 40.3 Å². The summed E-state index contributed by atoms with van der Waals surface area (Å²) in [6.45, 7) is 3.73. The summed E-state index contributed by atoms with van der Waals surface area (Å²) in [6, 6.07) is -0.717. The Morgan fingerprint density at radius 3 is 1.24 bits per heavy atom. The molecule has 1 aliphatic heterocycles. The van der Waals surface area contributed by atoms with E-state index in [-0.39, 0.29) is 12.5 Å². The van der Waals surface area contributed by atoms with Crippen LogP contribution in [0.3, 0.4) is 0 Å². The third-order valence-electron chi connectivity index (χ3n) is 14.9. The molecule has 0 aromatic rings. The fraction of sp³-hybridized carbons (Fsp3) is 0.831. The number of carbonyl (C=O) groups excluding carboxylic acids is 1. The summed E-state index contributed by atoms with van der Waals surface area (Å²) in [5.41, 5.74) is 0. The molecule has 1 aliphatic rings. The molecule has 0 aromatic heterocycles. The van der Waals surface area contributed by atoms with E-state index in [0.717, 1.165) is 70.6 Å². The normalized spacial score (nSPS) is 19.4. The summed E-state index contributed by atoms with van der Waals surface area (Å²) < 4.78 is 11.3. The number of hydrogen-bond donors (Lipinski definition) is 6. The molecule has 0 bridgehead atoms. The van der Waals surface area contributed by atoms with E-state index in [1.807, 2.05) is 0 Å². The monoisotopic (exact) mass is 1040 g/mol. The predicted octanol–water partition coefficient (Wildman–Crippen LogP) is 16.2. The zero-order valence-corrected chi connectivity index (χ0v) is 48.1. The molecule has 1 amide bonds. The van der Waals surface area contributed by atoms with Gasteiger partial charge in [0.05, 0.1) is 25.4 Å². The number of rotatable bonds is 54. The molecule has 0 spiro atoms. The Bertz CT molecular complexity index is 1350. The lowest BCUT2D eigenvalue weighted by Crippen LogP contribution is -2.60. The highest BCUT2D eigenvalue weighted by molar-refractivity contribution is 5.76. The van der Waals surface area contributed by atoms with Gasteiger partial charge in [0, 0.05) is 6.42 Å². The van der Waals surface area contributed by atoms with Crippen molar-refractivity contribution in [1.82, 2.24) is 5.32 Å². The fourth-order valence-electron chi connectivity index (χ4n) is 9.96. The molecule has 1 heterocycles. The van der Waals surface area contributed by atoms with Crippen molar-refractivity contribution in [3.8, 4) is 0 Å². The largest absolute Gasteiger partial charge is 0.394 e. The third-order valence-corrected chi connectivity index (χ3v) is 14.9. The van der Waals surface area contributed by atoms with Crippen LogP contribution in [-0.4, -0.2) is 87.5 Å². The van der Waals surface area contributed by atoms with Crippen molar-refractivity contribution in [3.05, 3.63) is 60.8 Å². The Labute approximate surface area is 456 Å². The molecule has 0 radical (unpaired) electrons. The van der Waals surface area contributed by atoms with Crippen LogP contribution in [0.1, 0.15) is 290 Å². The number of hydrogen-bond acceptors (Lipinski definition) is 8. The highest BCUT2D eigenvalue weighted by Gasteiger charge is 2.44. The molecule has 7 unspecified atom stereocenters. The summed E-state index contributed by atoms with van der Waals surface area (Å²) >= 11 is 0. The highest BCUT2D eigenvalue weighted by atomic mass is 16.7. The summed E-state index contributed by atoms with van der Waals surface area (Å²) in [4.78, 5) is 13.1. The molecule has 432 valence electrons. The quantitative estimate of drug-likeness (QED) is 0.0261. The molecule has 9 nitrogen and oxygen atoms in total. The number of allylic oxidation sites excluding steroid dienone is 10. The van der Waals surface area contributed by atoms with Crippen LogP contribution in [0.25, 0.3) is 0 Å². The zero-order chi connectivity index (χ0) is 53.6. The Hall–Kier alpha value is -2.11. The number of unbranched alkanes of at least 4 members (excludes halogenated alkanes) is 34. The molecule has 1 saturated heterocycles. The van der Waals surface area contributed by atoms with E-state index in [2.05, 4.69) is 79.9 Å². The SMILES string of the molecule is CC/C=C\C/C=C\C/C=C\C/C=C\C/C=C\CCCCCCCCCCCCCCCCCCCCCCCCCC(=O)NC(COC1OC(CO)C(O)C(O)C1O)C(O)CCCCCCCCCCCCCC. The van der Waals surface area contributed by atoms with Gasteiger partial charge in [-0.2, -0.15) is 0 Å². The van der Waals surface area contributed by atoms with Crippen molar-refractivity contribution in [3.63, 3.8) is 0 Å². The van der Waals surface area contributed by atoms with E-state index >= 15 is 0 Å². The number of aliphatic hydroxyl groups excluding tert-OH is 5. The standard InChI is InChI=1S/C65H119NO8/c1-3-5-7-9-11-13-15-17-18-19-20-21-22-23-24-25-26-27-28-29-30-31-32-33-34-35-36-37-38-39-40-41-42-43-45-47-49-51-53-55-61(69)66-58(57-73-65-64(72)63(71)62(70)60(56-67)74-65)59(68)54-52-50-48-46-44-16-14-12-10-8-6-4-2/h5,7,11,13,17-18,20-21,23-24,58-60,62-65,67-68,70-72H,3-4,6,8-10,12,14-16,19,22,25-57H2,1-2H3,(H,66,69)/b7-5-,13-11-,18-17-,21-20-,24-23-. The maximum absolute atomic E-state index is 13.1. The van der Waals surface area contributed by atoms with Crippen LogP contribution in [0.5, 0.6) is 0 Å². The van der Waals surface area contributed by atoms with Crippen LogP contribution in [0, 0.1) is 0 Å². The molecular weight excluding hydrogens is 923 g/mol. The van der Waals surface area contributed by atoms with Crippen molar-refractivity contribution in [2.75, 3.05) is 13.2 Å². The van der Waals surface area contributed by atoms with Gasteiger partial charge in [-0.05, 0) is 57.8 Å². The number of aliphatic hydroxyl groups is 5. The van der Waals surface area contributed by atoms with Gasteiger partial charge in [-0.1, -0.05) is 286 Å². The minimum atomic E-state index is -1.55. The molecule has 1 rings (SSSR count). The van der Waals surface area contributed by atoms with Gasteiger partial charge in [-0.15, -0.1) is 0 Å². The van der Waals surface area contributed by atoms with E-state index in [0.29, 0.717) is 12.8 Å². The topological polar surface area (TPSA) is 149 Å². The van der Waals surface area contributed by atoms with Crippen LogP contribution in [-0.2, 0) is 14.3 Å². The van der Waals surface area contributed by atoms with E-state index in [1.165, 1.54) is 193 Å². The van der Waals surface area contributed by atoms with E-state index in [9.17, 15) is 30.3 Å². The molecular formula is C65H119NO8. The molecule has 74 heavy (non-hydrogen) atoms. The minimum absolute atomic E-state index is 0.135. The average molecular weight is 1040 g/mol. The second kappa shape index (κ2) is 54.3. The lowest BCUT2D eigenvalue weighted by atomic mass is 9.99. The van der Waals surface area contributed by atoms with E-state index in [1.54, 1.807) is 0 Å². The number of carbonyl (C=O) groups is 1. The summed E-state index contributed by atoms with van der Waals surface area (Å²) in [5, 5.41) is 54.6. The zero-order valence-electron chi connectivity index (χ0n) is 48.1. The Morgan fingerprint density at radius 2 is 0.838 bits per heavy atom. The van der Waals surface area contributed by atoms with Gasteiger partial charge in [0.15, 0.2) is 6.29 Å². The molecule has 1 fully saturated rings. The first-order chi connectivity index (χ1) is 36.3. The summed E-state index contributed by atoms with van der Waals surface area (Å²) in [6.07, 6.45) is 67.2. The smallest absolute Gasteiger partial charge is 0.220 e. The molecule has 0 aliphatic carbocycles. The van der Waals surface area contributed by atoms with Gasteiger partial charge in [0.1, 0.15) is 24.4 Å². The Morgan fingerprint density at radius 1 is 0.473 bits per heavy atom. The minimum Gasteiger partial charge on any atom is -0.394 e. The highest BCUT2D eigenvalue weighted by Crippen LogP contribution is 2.23. The fourth-order valence-corrected chi connectivity index (χ4v) is 9.96. The van der Waals surface area contributed by atoms with Crippen molar-refractivity contribution < 1.29 is 39.8 Å². The van der Waals surface area contributed by atoms with Gasteiger partial charge in [-0.25, -0.2) is 0 Å². The first-order valence-corrected chi connectivity index (χ1v) is 31.5. The van der Waals surface area contributed by atoms with Crippen LogP contribution < -0.4 is 5.32 Å². The molecule has 0 saturated carbocycles. The van der Waals surface area contributed by atoms with Gasteiger partial charge in [-0.3, -0.25) is 4.79 Å². The van der Waals surface area contributed by atoms with Crippen molar-refractivity contribution in [1.29, 1.82) is 0 Å². The lowest BCUT2D eigenvalue weighted by Gasteiger charge is -2.40. The number of amides is 1. The van der Waals surface area contributed by atoms with E-state index < -0.39 is 49.5 Å². The van der Waals surface area contributed by atoms with Crippen LogP contribution in [0.15, 0.2) is 60.8 Å². The Kier molecular flexibility index (Phi) is 51.3. The van der Waals surface area contributed by atoms with Crippen LogP contribution in [0.2, 0.25) is 0 Å². The van der Waals surface area contributed by atoms with Crippen molar-refractivity contribution >= 4 is 5.91 Å². The second-order valence-electron chi connectivity index (χ2n) is 21.8. The van der Waals surface area contributed by atoms with Gasteiger partial charge in [0.2, 0.25) is 5.91 Å². The maximum atomic E-state index is 13.1. The second-order valence-corrected chi connectivity index (χ2v) is 21.8. The van der Waals surface area contributed by atoms with E-state index in [4.69, 9.17) is 9.47 Å². The first-order valence-electron chi connectivity index (χ1n) is 31.5. The Balaban J connectivity index is 2.02. The molecule has 0 aromatic carbocycles. The average Bonchev–Trinajstić information content (AvgIpc) is 3.40. The lowest BCUT2D eigenvalue weighted by molar-refractivity contribution is -0.302. The molecule has 7 atom stereocenters. The molecule has 6 N–H and O–H groups in total. The predicted molar refractivity (Wildman–Crippen MR) is 313 cm³/mol. The van der Waals surface area contributed by atoms with Crippen LogP contribution >= 0.6 is 0 Å². The first kappa shape index (κ1) is 69.9. The number of nitrogens with one attached hydrogen (secondary N) is 1. The summed E-state index contributed by atoms with van der Waals surface area (Å²) in [7, 11) is 0. The maximum Gasteiger partial charge on any atom is 0.220 e. The van der Waals surface area contributed by atoms with Crippen molar-refractivity contribution in [2.45, 2.75) is 333 Å². The third kappa shape index (κ3) is 42.9. The summed E-state index contributed by atoms with van der Waals surface area (Å²) in [5.74, 6) is -0.141. The van der Waals surface area contributed by atoms with Crippen LogP contribution in [0.4, 0.5) is 0 Å². The van der Waals surface area contributed by atoms with Gasteiger partial charge in [0.25, 0.3) is 0 Å².